The Morgan fingerprint density at radius 1 is 1.07 bits per heavy atom. The van der Waals surface area contributed by atoms with Crippen LogP contribution < -0.4 is 5.32 Å². The predicted octanol–water partition coefficient (Wildman–Crippen LogP) is 5.24. The molecule has 3 rings (SSSR count). The summed E-state index contributed by atoms with van der Waals surface area (Å²) in [4.78, 5) is 11.9. The molecule has 152 valence electrons. The number of aromatic carboxylic acids is 1. The fraction of sp³-hybridized carbons (Fsp3) is 0.261. The highest BCUT2D eigenvalue weighted by atomic mass is 35.5. The second-order valence-electron chi connectivity index (χ2n) is 7.21. The third-order valence-corrected chi connectivity index (χ3v) is 5.57. The molecule has 0 saturated carbocycles. The molecule has 0 bridgehead atoms. The molecule has 29 heavy (non-hydrogen) atoms. The molecule has 0 aliphatic carbocycles. The molecule has 4 nitrogen and oxygen atoms in total. The average Bonchev–Trinajstić information content (AvgIpc) is 2.89. The number of carbonyl (C=O) groups is 1. The SMILES string of the molecule is Cc1cccc(CNCc2c(C(=O)O)c(C)n(Cc3c(F)cccc3Cl)c2C)c1. The van der Waals surface area contributed by atoms with Gasteiger partial charge in [-0.3, -0.25) is 0 Å². The lowest BCUT2D eigenvalue weighted by Gasteiger charge is -2.12. The minimum Gasteiger partial charge on any atom is -0.478 e. The summed E-state index contributed by atoms with van der Waals surface area (Å²) in [6, 6.07) is 12.7. The summed E-state index contributed by atoms with van der Waals surface area (Å²) in [5, 5.41) is 13.4. The summed E-state index contributed by atoms with van der Waals surface area (Å²) in [7, 11) is 0. The predicted molar refractivity (Wildman–Crippen MR) is 113 cm³/mol. The number of nitrogens with one attached hydrogen (secondary N) is 1. The van der Waals surface area contributed by atoms with Crippen molar-refractivity contribution in [1.82, 2.24) is 9.88 Å². The van der Waals surface area contributed by atoms with Crippen molar-refractivity contribution < 1.29 is 14.3 Å². The van der Waals surface area contributed by atoms with E-state index in [0.717, 1.165) is 11.3 Å². The molecule has 1 aromatic heterocycles. The number of aryl methyl sites for hydroxylation is 1. The van der Waals surface area contributed by atoms with Gasteiger partial charge in [0.2, 0.25) is 0 Å². The van der Waals surface area contributed by atoms with E-state index in [-0.39, 0.29) is 12.1 Å². The van der Waals surface area contributed by atoms with Gasteiger partial charge < -0.3 is 15.0 Å². The molecule has 0 amide bonds. The lowest BCUT2D eigenvalue weighted by atomic mass is 10.1. The van der Waals surface area contributed by atoms with E-state index in [1.165, 1.54) is 11.6 Å². The van der Waals surface area contributed by atoms with Crippen molar-refractivity contribution in [2.75, 3.05) is 0 Å². The first-order chi connectivity index (χ1) is 13.8. The van der Waals surface area contributed by atoms with Crippen LogP contribution in [0.25, 0.3) is 0 Å². The summed E-state index contributed by atoms with van der Waals surface area (Å²) in [5.41, 5.74) is 5.00. The largest absolute Gasteiger partial charge is 0.478 e. The third kappa shape index (κ3) is 4.52. The molecule has 0 atom stereocenters. The number of aromatic nitrogens is 1. The van der Waals surface area contributed by atoms with Gasteiger partial charge in [-0.15, -0.1) is 0 Å². The van der Waals surface area contributed by atoms with Crippen molar-refractivity contribution in [3.8, 4) is 0 Å². The van der Waals surface area contributed by atoms with Crippen LogP contribution in [-0.4, -0.2) is 15.6 Å². The fourth-order valence-electron chi connectivity index (χ4n) is 3.68. The van der Waals surface area contributed by atoms with E-state index in [1.807, 2.05) is 36.6 Å². The monoisotopic (exact) mass is 414 g/mol. The molecular weight excluding hydrogens is 391 g/mol. The number of halogens is 2. The smallest absolute Gasteiger partial charge is 0.337 e. The summed E-state index contributed by atoms with van der Waals surface area (Å²) in [6.45, 7) is 6.85. The third-order valence-electron chi connectivity index (χ3n) is 5.22. The molecule has 2 N–H and O–H groups in total. The first-order valence-corrected chi connectivity index (χ1v) is 9.78. The molecule has 0 spiro atoms. The number of carboxylic acids is 1. The van der Waals surface area contributed by atoms with Crippen LogP contribution in [0.15, 0.2) is 42.5 Å². The maximum atomic E-state index is 14.3. The maximum absolute atomic E-state index is 14.3. The van der Waals surface area contributed by atoms with Crippen LogP contribution in [0.2, 0.25) is 5.02 Å². The van der Waals surface area contributed by atoms with Crippen LogP contribution in [0.3, 0.4) is 0 Å². The van der Waals surface area contributed by atoms with Gasteiger partial charge in [0.15, 0.2) is 0 Å². The average molecular weight is 415 g/mol. The van der Waals surface area contributed by atoms with Gasteiger partial charge in [-0.05, 0) is 38.5 Å². The zero-order chi connectivity index (χ0) is 21.1. The Balaban J connectivity index is 1.89. The Kier molecular flexibility index (Phi) is 6.40. The summed E-state index contributed by atoms with van der Waals surface area (Å²) in [6.07, 6.45) is 0. The number of carboxylic acid groups (broad SMARTS) is 1. The summed E-state index contributed by atoms with van der Waals surface area (Å²) in [5.74, 6) is -1.39. The molecule has 0 aliphatic heterocycles. The van der Waals surface area contributed by atoms with Gasteiger partial charge in [-0.1, -0.05) is 47.5 Å². The zero-order valence-electron chi connectivity index (χ0n) is 16.7. The molecule has 1 heterocycles. The first-order valence-electron chi connectivity index (χ1n) is 9.40. The van der Waals surface area contributed by atoms with E-state index >= 15 is 0 Å². The summed E-state index contributed by atoms with van der Waals surface area (Å²) >= 11 is 6.18. The van der Waals surface area contributed by atoms with E-state index in [2.05, 4.69) is 11.4 Å². The van der Waals surface area contributed by atoms with Crippen molar-refractivity contribution in [3.63, 3.8) is 0 Å². The molecule has 6 heteroatoms. The molecule has 0 saturated heterocycles. The van der Waals surface area contributed by atoms with E-state index in [1.54, 1.807) is 19.1 Å². The van der Waals surface area contributed by atoms with Crippen LogP contribution in [0, 0.1) is 26.6 Å². The van der Waals surface area contributed by atoms with Gasteiger partial charge >= 0.3 is 5.97 Å². The Bertz CT molecular complexity index is 1040. The molecule has 0 radical (unpaired) electrons. The van der Waals surface area contributed by atoms with Gasteiger partial charge in [-0.2, -0.15) is 0 Å². The minimum atomic E-state index is -0.990. The first kappa shape index (κ1) is 21.1. The van der Waals surface area contributed by atoms with E-state index in [4.69, 9.17) is 11.6 Å². The van der Waals surface area contributed by atoms with Crippen LogP contribution in [0.4, 0.5) is 4.39 Å². The minimum absolute atomic E-state index is 0.182. The standard InChI is InChI=1S/C23H24ClFN2O2/c1-14-6-4-7-17(10-14)11-26-12-18-15(2)27(16(3)22(18)23(28)29)13-19-20(24)8-5-9-21(19)25/h4-10,26H,11-13H2,1-3H3,(H,28,29). The summed E-state index contributed by atoms with van der Waals surface area (Å²) < 4.78 is 16.1. The van der Waals surface area contributed by atoms with E-state index in [9.17, 15) is 14.3 Å². The number of hydrogen-bond acceptors (Lipinski definition) is 2. The van der Waals surface area contributed by atoms with Crippen molar-refractivity contribution in [3.05, 3.63) is 92.5 Å². The van der Waals surface area contributed by atoms with Crippen LogP contribution >= 0.6 is 11.6 Å². The number of benzene rings is 2. The quantitative estimate of drug-likeness (QED) is 0.555. The highest BCUT2D eigenvalue weighted by molar-refractivity contribution is 6.31. The molecule has 0 fully saturated rings. The van der Waals surface area contributed by atoms with Gasteiger partial charge in [0, 0.05) is 40.6 Å². The highest BCUT2D eigenvalue weighted by Crippen LogP contribution is 2.27. The molecular formula is C23H24ClFN2O2. The molecule has 3 aromatic rings. The van der Waals surface area contributed by atoms with Crippen LogP contribution in [0.5, 0.6) is 0 Å². The Labute approximate surface area is 174 Å². The van der Waals surface area contributed by atoms with E-state index < -0.39 is 11.8 Å². The second-order valence-corrected chi connectivity index (χ2v) is 7.62. The fourth-order valence-corrected chi connectivity index (χ4v) is 3.90. The molecule has 0 unspecified atom stereocenters. The Morgan fingerprint density at radius 3 is 2.45 bits per heavy atom. The van der Waals surface area contributed by atoms with E-state index in [0.29, 0.717) is 34.9 Å². The van der Waals surface area contributed by atoms with Gasteiger partial charge in [0.25, 0.3) is 0 Å². The van der Waals surface area contributed by atoms with Crippen molar-refractivity contribution in [1.29, 1.82) is 0 Å². The number of rotatable bonds is 7. The van der Waals surface area contributed by atoms with Crippen molar-refractivity contribution in [2.45, 2.75) is 40.4 Å². The molecule has 2 aromatic carbocycles. The Morgan fingerprint density at radius 2 is 1.79 bits per heavy atom. The number of hydrogen-bond donors (Lipinski definition) is 2. The normalized spacial score (nSPS) is 11.1. The van der Waals surface area contributed by atoms with Crippen molar-refractivity contribution >= 4 is 17.6 Å². The maximum Gasteiger partial charge on any atom is 0.337 e. The second kappa shape index (κ2) is 8.80. The van der Waals surface area contributed by atoms with Crippen molar-refractivity contribution in [2.24, 2.45) is 0 Å². The molecule has 0 aliphatic rings. The highest BCUT2D eigenvalue weighted by Gasteiger charge is 2.23. The number of nitrogens with zero attached hydrogens (tertiary/aromatic N) is 1. The van der Waals surface area contributed by atoms with Gasteiger partial charge in [0.1, 0.15) is 5.82 Å². The van der Waals surface area contributed by atoms with Crippen LogP contribution in [0.1, 0.15) is 44.0 Å². The zero-order valence-corrected chi connectivity index (χ0v) is 17.5. The lowest BCUT2D eigenvalue weighted by Crippen LogP contribution is -2.15. The van der Waals surface area contributed by atoms with Gasteiger partial charge in [0.05, 0.1) is 12.1 Å². The van der Waals surface area contributed by atoms with Gasteiger partial charge in [-0.25, -0.2) is 9.18 Å². The topological polar surface area (TPSA) is 54.3 Å². The Hall–Kier alpha value is -2.63. The van der Waals surface area contributed by atoms with Crippen LogP contribution in [-0.2, 0) is 19.6 Å². The lowest BCUT2D eigenvalue weighted by molar-refractivity contribution is 0.0694.